The van der Waals surface area contributed by atoms with Crippen LogP contribution < -0.4 is 0 Å². The van der Waals surface area contributed by atoms with Gasteiger partial charge in [0.15, 0.2) is 11.6 Å². The van der Waals surface area contributed by atoms with E-state index in [-0.39, 0.29) is 13.3 Å². The van der Waals surface area contributed by atoms with E-state index in [1.165, 1.54) is 12.0 Å². The molecule has 6 heteroatoms. The van der Waals surface area contributed by atoms with Gasteiger partial charge in [0.1, 0.15) is 6.73 Å². The number of benzene rings is 1. The number of ether oxygens (including phenoxy) is 3. The fourth-order valence-electron chi connectivity index (χ4n) is 2.44. The van der Waals surface area contributed by atoms with Gasteiger partial charge in [0, 0.05) is 7.11 Å². The summed E-state index contributed by atoms with van der Waals surface area (Å²) in [6.07, 6.45) is -1.33. The van der Waals surface area contributed by atoms with Crippen molar-refractivity contribution in [2.75, 3.05) is 20.4 Å². The molecule has 0 N–H and O–H groups in total. The van der Waals surface area contributed by atoms with E-state index in [0.717, 1.165) is 5.56 Å². The van der Waals surface area contributed by atoms with Crippen LogP contribution in [0.1, 0.15) is 25.5 Å². The first kappa shape index (κ1) is 15.3. The predicted octanol–water partition coefficient (Wildman–Crippen LogP) is 2.11. The molecule has 1 fully saturated rings. The second kappa shape index (κ2) is 6.13. The van der Waals surface area contributed by atoms with Crippen LogP contribution in [0.5, 0.6) is 0 Å². The molecule has 1 aromatic rings. The maximum Gasteiger partial charge on any atom is 0.413 e. The van der Waals surface area contributed by atoms with Gasteiger partial charge in [0.2, 0.25) is 0 Å². The Balaban J connectivity index is 2.43. The van der Waals surface area contributed by atoms with E-state index in [4.69, 9.17) is 14.2 Å². The Morgan fingerprint density at radius 3 is 2.62 bits per heavy atom. The monoisotopic (exact) mass is 293 g/mol. The molecule has 1 aliphatic heterocycles. The molecule has 2 atom stereocenters. The maximum atomic E-state index is 12.4. The summed E-state index contributed by atoms with van der Waals surface area (Å²) in [6.45, 7) is 3.53. The van der Waals surface area contributed by atoms with E-state index in [1.54, 1.807) is 13.8 Å². The molecule has 114 valence electrons. The number of hydrogen-bond donors (Lipinski definition) is 0. The van der Waals surface area contributed by atoms with Crippen molar-refractivity contribution in [3.8, 4) is 0 Å². The maximum absolute atomic E-state index is 12.4. The number of amides is 1. The molecule has 2 rings (SSSR count). The average molecular weight is 293 g/mol. The van der Waals surface area contributed by atoms with Crippen molar-refractivity contribution in [2.45, 2.75) is 25.5 Å². The lowest BCUT2D eigenvalue weighted by Gasteiger charge is -2.32. The van der Waals surface area contributed by atoms with Crippen LogP contribution in [0.4, 0.5) is 4.79 Å². The number of esters is 1. The van der Waals surface area contributed by atoms with Crippen LogP contribution in [0.2, 0.25) is 0 Å². The summed E-state index contributed by atoms with van der Waals surface area (Å²) in [4.78, 5) is 25.8. The topological polar surface area (TPSA) is 65.1 Å². The Bertz CT molecular complexity index is 518. The number of rotatable bonds is 5. The molecule has 6 nitrogen and oxygen atoms in total. The highest BCUT2D eigenvalue weighted by Crippen LogP contribution is 2.41. The first-order valence-electron chi connectivity index (χ1n) is 6.75. The molecule has 0 radical (unpaired) electrons. The standard InChI is InChI=1S/C15H19NO5/c1-4-20-13(17)15(2)12(11-8-6-5-7-9-11)21-14(18)16(15)10-19-3/h5-9,12H,4,10H2,1-3H3/t12-,15+/m1/s1. The second-order valence-electron chi connectivity index (χ2n) is 4.89. The lowest BCUT2D eigenvalue weighted by atomic mass is 9.89. The normalized spacial score (nSPS) is 24.8. The first-order chi connectivity index (χ1) is 10.1. The molecule has 1 aliphatic rings. The largest absolute Gasteiger partial charge is 0.464 e. The van der Waals surface area contributed by atoms with Gasteiger partial charge >= 0.3 is 12.1 Å². The number of cyclic esters (lactones) is 1. The number of hydrogen-bond acceptors (Lipinski definition) is 5. The SMILES string of the molecule is CCOC(=O)[C@]1(C)[C@@H](c2ccccc2)OC(=O)N1COC. The smallest absolute Gasteiger partial charge is 0.413 e. The third-order valence-corrected chi connectivity index (χ3v) is 3.56. The minimum absolute atomic E-state index is 0.0442. The minimum Gasteiger partial charge on any atom is -0.464 e. The molecule has 0 aromatic heterocycles. The molecule has 1 heterocycles. The second-order valence-corrected chi connectivity index (χ2v) is 4.89. The minimum atomic E-state index is -1.26. The summed E-state index contributed by atoms with van der Waals surface area (Å²) in [5.41, 5.74) is -0.523. The van der Waals surface area contributed by atoms with Gasteiger partial charge < -0.3 is 14.2 Å². The zero-order valence-corrected chi connectivity index (χ0v) is 12.4. The molecule has 1 aromatic carbocycles. The van der Waals surface area contributed by atoms with Crippen LogP contribution in [-0.4, -0.2) is 42.9 Å². The van der Waals surface area contributed by atoms with Crippen molar-refractivity contribution in [1.29, 1.82) is 0 Å². The van der Waals surface area contributed by atoms with E-state index in [2.05, 4.69) is 0 Å². The van der Waals surface area contributed by atoms with Gasteiger partial charge in [-0.05, 0) is 19.4 Å². The van der Waals surface area contributed by atoms with E-state index in [9.17, 15) is 9.59 Å². The fraction of sp³-hybridized carbons (Fsp3) is 0.467. The zero-order chi connectivity index (χ0) is 15.5. The van der Waals surface area contributed by atoms with Crippen molar-refractivity contribution in [3.63, 3.8) is 0 Å². The molecular formula is C15H19NO5. The Kier molecular flexibility index (Phi) is 4.47. The third kappa shape index (κ3) is 2.58. The quantitative estimate of drug-likeness (QED) is 0.778. The Hall–Kier alpha value is -2.08. The van der Waals surface area contributed by atoms with Gasteiger partial charge in [0.05, 0.1) is 6.61 Å². The highest BCUT2D eigenvalue weighted by molar-refractivity contribution is 5.89. The number of nitrogens with zero attached hydrogens (tertiary/aromatic N) is 1. The third-order valence-electron chi connectivity index (χ3n) is 3.56. The van der Waals surface area contributed by atoms with Crippen molar-refractivity contribution >= 4 is 12.1 Å². The number of carbonyl (C=O) groups excluding carboxylic acids is 2. The highest BCUT2D eigenvalue weighted by atomic mass is 16.6. The van der Waals surface area contributed by atoms with Crippen molar-refractivity contribution in [1.82, 2.24) is 4.90 Å². The van der Waals surface area contributed by atoms with Crippen LogP contribution in [0, 0.1) is 0 Å². The Labute approximate surface area is 123 Å². The van der Waals surface area contributed by atoms with Gasteiger partial charge in [-0.1, -0.05) is 30.3 Å². The lowest BCUT2D eigenvalue weighted by molar-refractivity contribution is -0.158. The van der Waals surface area contributed by atoms with Gasteiger partial charge in [-0.15, -0.1) is 0 Å². The van der Waals surface area contributed by atoms with Crippen LogP contribution in [-0.2, 0) is 19.0 Å². The highest BCUT2D eigenvalue weighted by Gasteiger charge is 2.58. The van der Waals surface area contributed by atoms with Gasteiger partial charge in [-0.3, -0.25) is 4.90 Å². The molecule has 21 heavy (non-hydrogen) atoms. The summed E-state index contributed by atoms with van der Waals surface area (Å²) in [6, 6.07) is 9.13. The molecule has 1 saturated heterocycles. The van der Waals surface area contributed by atoms with E-state index in [0.29, 0.717) is 0 Å². The van der Waals surface area contributed by atoms with Crippen LogP contribution in [0.15, 0.2) is 30.3 Å². The summed E-state index contributed by atoms with van der Waals surface area (Å²) in [5.74, 6) is -0.512. The molecule has 0 saturated carbocycles. The summed E-state index contributed by atoms with van der Waals surface area (Å²) < 4.78 is 15.6. The Morgan fingerprint density at radius 1 is 1.38 bits per heavy atom. The molecular weight excluding hydrogens is 274 g/mol. The van der Waals surface area contributed by atoms with Crippen LogP contribution in [0.3, 0.4) is 0 Å². The summed E-state index contributed by atoms with van der Waals surface area (Å²) in [7, 11) is 1.45. The molecule has 0 bridgehead atoms. The van der Waals surface area contributed by atoms with Crippen molar-refractivity contribution < 1.29 is 23.8 Å². The van der Waals surface area contributed by atoms with Crippen molar-refractivity contribution in [2.24, 2.45) is 0 Å². The van der Waals surface area contributed by atoms with Gasteiger partial charge in [-0.25, -0.2) is 9.59 Å². The first-order valence-corrected chi connectivity index (χ1v) is 6.75. The molecule has 0 aliphatic carbocycles. The Morgan fingerprint density at radius 2 is 2.05 bits per heavy atom. The summed E-state index contributed by atoms with van der Waals surface area (Å²) in [5, 5.41) is 0. The van der Waals surface area contributed by atoms with E-state index in [1.807, 2.05) is 30.3 Å². The average Bonchev–Trinajstić information content (AvgIpc) is 2.75. The molecule has 1 amide bonds. The number of methoxy groups -OCH3 is 1. The molecule has 0 spiro atoms. The van der Waals surface area contributed by atoms with Crippen LogP contribution >= 0.6 is 0 Å². The lowest BCUT2D eigenvalue weighted by Crippen LogP contribution is -2.53. The van der Waals surface area contributed by atoms with Crippen molar-refractivity contribution in [3.05, 3.63) is 35.9 Å². The molecule has 0 unspecified atom stereocenters. The number of carbonyl (C=O) groups is 2. The van der Waals surface area contributed by atoms with E-state index < -0.39 is 23.7 Å². The van der Waals surface area contributed by atoms with Gasteiger partial charge in [-0.2, -0.15) is 0 Å². The van der Waals surface area contributed by atoms with Crippen LogP contribution in [0.25, 0.3) is 0 Å². The van der Waals surface area contributed by atoms with Gasteiger partial charge in [0.25, 0.3) is 0 Å². The van der Waals surface area contributed by atoms with E-state index >= 15 is 0 Å². The zero-order valence-electron chi connectivity index (χ0n) is 12.4. The summed E-state index contributed by atoms with van der Waals surface area (Å²) >= 11 is 0. The fourth-order valence-corrected chi connectivity index (χ4v) is 2.44. The predicted molar refractivity (Wildman–Crippen MR) is 74.4 cm³/mol.